The van der Waals surface area contributed by atoms with Crippen LogP contribution in [0, 0.1) is 18.7 Å². The van der Waals surface area contributed by atoms with E-state index >= 15 is 4.39 Å². The molecule has 2 aromatic carbocycles. The van der Waals surface area contributed by atoms with E-state index in [-0.39, 0.29) is 17.7 Å². The molecule has 150 valence electrons. The summed E-state index contributed by atoms with van der Waals surface area (Å²) in [4.78, 5) is 13.2. The normalized spacial score (nSPS) is 18.4. The highest BCUT2D eigenvalue weighted by Crippen LogP contribution is 2.29. The molecule has 3 rings (SSSR count). The minimum Gasteiger partial charge on any atom is -0.481 e. The van der Waals surface area contributed by atoms with E-state index in [4.69, 9.17) is 16.7 Å². The zero-order chi connectivity index (χ0) is 20.3. The van der Waals surface area contributed by atoms with Gasteiger partial charge in [-0.1, -0.05) is 48.9 Å². The molecule has 28 heavy (non-hydrogen) atoms. The van der Waals surface area contributed by atoms with Crippen LogP contribution in [0.2, 0.25) is 5.02 Å². The first kappa shape index (κ1) is 20.8. The van der Waals surface area contributed by atoms with Crippen molar-refractivity contribution in [2.75, 3.05) is 13.1 Å². The van der Waals surface area contributed by atoms with Crippen LogP contribution in [0.3, 0.4) is 0 Å². The Morgan fingerprint density at radius 3 is 2.71 bits per heavy atom. The number of aryl methyl sites for hydroxylation is 1. The molecule has 0 unspecified atom stereocenters. The highest BCUT2D eigenvalue weighted by Gasteiger charge is 2.28. The summed E-state index contributed by atoms with van der Waals surface area (Å²) in [5.41, 5.74) is 3.57. The van der Waals surface area contributed by atoms with Crippen LogP contribution in [0.1, 0.15) is 47.9 Å². The molecule has 0 bridgehead atoms. The van der Waals surface area contributed by atoms with Crippen LogP contribution in [0.4, 0.5) is 4.39 Å². The predicted octanol–water partition coefficient (Wildman–Crippen LogP) is 5.43. The maximum atomic E-state index is 15.2. The number of carboxylic acid groups (broad SMARTS) is 1. The van der Waals surface area contributed by atoms with Crippen molar-refractivity contribution in [2.45, 2.75) is 45.6 Å². The summed E-state index contributed by atoms with van der Waals surface area (Å²) in [5.74, 6) is -1.04. The summed E-state index contributed by atoms with van der Waals surface area (Å²) < 4.78 is 15.2. The van der Waals surface area contributed by atoms with Gasteiger partial charge in [-0.15, -0.1) is 0 Å². The topological polar surface area (TPSA) is 40.5 Å². The smallest absolute Gasteiger partial charge is 0.307 e. The molecule has 1 N–H and O–H groups in total. The van der Waals surface area contributed by atoms with E-state index in [9.17, 15) is 4.79 Å². The van der Waals surface area contributed by atoms with Crippen LogP contribution in [0.15, 0.2) is 36.4 Å². The molecule has 1 fully saturated rings. The molecule has 5 heteroatoms. The van der Waals surface area contributed by atoms with Crippen molar-refractivity contribution in [1.82, 2.24) is 4.90 Å². The molecule has 1 saturated heterocycles. The van der Waals surface area contributed by atoms with Crippen LogP contribution in [-0.4, -0.2) is 29.1 Å². The largest absolute Gasteiger partial charge is 0.481 e. The number of nitrogens with zero attached hydrogens (tertiary/aromatic N) is 1. The summed E-state index contributed by atoms with van der Waals surface area (Å²) in [7, 11) is 0. The number of hydrogen-bond donors (Lipinski definition) is 1. The number of benzene rings is 2. The van der Waals surface area contributed by atoms with Gasteiger partial charge in [-0.05, 0) is 61.4 Å². The van der Waals surface area contributed by atoms with Crippen molar-refractivity contribution < 1.29 is 14.3 Å². The molecule has 0 amide bonds. The second kappa shape index (κ2) is 9.06. The molecule has 2 atom stereocenters. The Morgan fingerprint density at radius 2 is 2.07 bits per heavy atom. The first-order valence-electron chi connectivity index (χ1n) is 9.86. The first-order chi connectivity index (χ1) is 13.4. The molecule has 0 aromatic heterocycles. The quantitative estimate of drug-likeness (QED) is 0.670. The second-order valence-electron chi connectivity index (χ2n) is 7.77. The van der Waals surface area contributed by atoms with Gasteiger partial charge in [-0.3, -0.25) is 9.69 Å². The average molecular weight is 404 g/mol. The maximum Gasteiger partial charge on any atom is 0.307 e. The molecule has 0 saturated carbocycles. The molecular formula is C23H27ClFNO2. The molecule has 0 radical (unpaired) electrons. The number of likely N-dealkylation sites (tertiary alicyclic amines) is 1. The third kappa shape index (κ3) is 4.73. The zero-order valence-electron chi connectivity index (χ0n) is 16.4. The first-order valence-corrected chi connectivity index (χ1v) is 10.2. The average Bonchev–Trinajstić information content (AvgIpc) is 3.14. The third-order valence-corrected chi connectivity index (χ3v) is 6.21. The van der Waals surface area contributed by atoms with Crippen molar-refractivity contribution in [1.29, 1.82) is 0 Å². The van der Waals surface area contributed by atoms with E-state index in [1.807, 2.05) is 36.1 Å². The number of aliphatic carboxylic acids is 1. The Balaban J connectivity index is 1.74. The molecular weight excluding hydrogens is 377 g/mol. The van der Waals surface area contributed by atoms with Gasteiger partial charge >= 0.3 is 5.97 Å². The van der Waals surface area contributed by atoms with Gasteiger partial charge in [0.05, 0.1) is 5.92 Å². The van der Waals surface area contributed by atoms with E-state index < -0.39 is 5.97 Å². The summed E-state index contributed by atoms with van der Waals surface area (Å²) >= 11 is 6.14. The lowest BCUT2D eigenvalue weighted by atomic mass is 9.88. The second-order valence-corrected chi connectivity index (χ2v) is 8.17. The number of carbonyl (C=O) groups is 1. The van der Waals surface area contributed by atoms with E-state index in [0.717, 1.165) is 17.0 Å². The highest BCUT2D eigenvalue weighted by molar-refractivity contribution is 6.31. The van der Waals surface area contributed by atoms with Crippen LogP contribution in [-0.2, 0) is 17.8 Å². The van der Waals surface area contributed by atoms with E-state index in [1.165, 1.54) is 5.56 Å². The van der Waals surface area contributed by atoms with Gasteiger partial charge in [0, 0.05) is 23.7 Å². The zero-order valence-corrected chi connectivity index (χ0v) is 17.2. The van der Waals surface area contributed by atoms with E-state index in [1.54, 1.807) is 6.07 Å². The van der Waals surface area contributed by atoms with Gasteiger partial charge in [-0.25, -0.2) is 4.39 Å². The van der Waals surface area contributed by atoms with Crippen molar-refractivity contribution in [3.8, 4) is 0 Å². The Morgan fingerprint density at radius 1 is 1.32 bits per heavy atom. The SMILES string of the molecule is CC[C@@H](Cc1cccc(CN2CC[C@@H](C(=O)O)C2)c1F)c1ccc(Cl)c(C)c1. The molecule has 0 aliphatic carbocycles. The lowest BCUT2D eigenvalue weighted by molar-refractivity contribution is -0.141. The van der Waals surface area contributed by atoms with E-state index in [0.29, 0.717) is 43.6 Å². The Labute approximate surface area is 171 Å². The summed E-state index contributed by atoms with van der Waals surface area (Å²) in [6.45, 7) is 5.75. The van der Waals surface area contributed by atoms with Gasteiger partial charge in [0.1, 0.15) is 5.82 Å². The van der Waals surface area contributed by atoms with Crippen molar-refractivity contribution in [3.63, 3.8) is 0 Å². The summed E-state index contributed by atoms with van der Waals surface area (Å²) in [5, 5.41) is 9.91. The van der Waals surface area contributed by atoms with Gasteiger partial charge in [0.25, 0.3) is 0 Å². The fraction of sp³-hybridized carbons (Fsp3) is 0.435. The fourth-order valence-electron chi connectivity index (χ4n) is 4.02. The Bertz CT molecular complexity index is 854. The van der Waals surface area contributed by atoms with Crippen LogP contribution >= 0.6 is 11.6 Å². The van der Waals surface area contributed by atoms with Crippen molar-refractivity contribution in [3.05, 3.63) is 69.5 Å². The molecule has 1 heterocycles. The van der Waals surface area contributed by atoms with Gasteiger partial charge in [0.2, 0.25) is 0 Å². The summed E-state index contributed by atoms with van der Waals surface area (Å²) in [6, 6.07) is 11.6. The van der Waals surface area contributed by atoms with Crippen LogP contribution in [0.25, 0.3) is 0 Å². The lowest BCUT2D eigenvalue weighted by Crippen LogP contribution is -2.23. The van der Waals surface area contributed by atoms with Crippen LogP contribution < -0.4 is 0 Å². The predicted molar refractivity (Wildman–Crippen MR) is 110 cm³/mol. The monoisotopic (exact) mass is 403 g/mol. The van der Waals surface area contributed by atoms with Gasteiger partial charge < -0.3 is 5.11 Å². The molecule has 1 aliphatic heterocycles. The van der Waals surface area contributed by atoms with E-state index in [2.05, 4.69) is 13.0 Å². The minimum atomic E-state index is -0.763. The molecule has 2 aromatic rings. The van der Waals surface area contributed by atoms with Crippen molar-refractivity contribution >= 4 is 17.6 Å². The minimum absolute atomic E-state index is 0.162. The highest BCUT2D eigenvalue weighted by atomic mass is 35.5. The number of rotatable bonds is 7. The standard InChI is InChI=1S/C23H27ClFNO2/c1-3-16(17-7-8-21(24)15(2)11-17)12-18-5-4-6-19(22(18)25)13-26-10-9-20(14-26)23(27)28/h4-8,11,16,20H,3,9-10,12-14H2,1-2H3,(H,27,28)/t16-,20+/m0/s1. The number of hydrogen-bond acceptors (Lipinski definition) is 2. The van der Waals surface area contributed by atoms with Crippen molar-refractivity contribution in [2.24, 2.45) is 5.92 Å². The van der Waals surface area contributed by atoms with Gasteiger partial charge in [-0.2, -0.15) is 0 Å². The Kier molecular flexibility index (Phi) is 6.73. The summed E-state index contributed by atoms with van der Waals surface area (Å²) in [6.07, 6.45) is 2.18. The Hall–Kier alpha value is -1.91. The lowest BCUT2D eigenvalue weighted by Gasteiger charge is -2.20. The third-order valence-electron chi connectivity index (χ3n) is 5.79. The molecule has 1 aliphatic rings. The van der Waals surface area contributed by atoms with Crippen LogP contribution in [0.5, 0.6) is 0 Å². The maximum absolute atomic E-state index is 15.2. The molecule has 0 spiro atoms. The fourth-order valence-corrected chi connectivity index (χ4v) is 4.13. The number of carboxylic acids is 1. The van der Waals surface area contributed by atoms with Gasteiger partial charge in [0.15, 0.2) is 0 Å². The molecule has 3 nitrogen and oxygen atoms in total. The number of halogens is 2.